The minimum Gasteiger partial charge on any atom is -0.497 e. The van der Waals surface area contributed by atoms with Crippen LogP contribution in [0.5, 0.6) is 11.5 Å². The molecule has 1 aromatic heterocycles. The largest absolute Gasteiger partial charge is 0.497 e. The Kier molecular flexibility index (Phi) is 9.08. The number of ketones is 1. The molecule has 2 unspecified atom stereocenters. The van der Waals surface area contributed by atoms with Crippen molar-refractivity contribution in [1.29, 1.82) is 0 Å². The minimum absolute atomic E-state index is 0.0569. The predicted molar refractivity (Wildman–Crippen MR) is 137 cm³/mol. The van der Waals surface area contributed by atoms with Crippen LogP contribution in [0.25, 0.3) is 0 Å². The molecule has 1 heterocycles. The first-order valence-corrected chi connectivity index (χ1v) is 12.2. The fourth-order valence-electron chi connectivity index (χ4n) is 3.39. The fraction of sp³-hybridized carbons (Fsp3) is 0.308. The summed E-state index contributed by atoms with van der Waals surface area (Å²) in [5, 5.41) is 11.8. The molecule has 0 fully saturated rings. The van der Waals surface area contributed by atoms with Crippen molar-refractivity contribution in [2.75, 3.05) is 12.4 Å². The Morgan fingerprint density at radius 1 is 1.17 bits per heavy atom. The molecule has 9 heteroatoms. The van der Waals surface area contributed by atoms with E-state index >= 15 is 0 Å². The van der Waals surface area contributed by atoms with Gasteiger partial charge in [0, 0.05) is 17.8 Å². The molecule has 3 aromatic rings. The van der Waals surface area contributed by atoms with Crippen LogP contribution < -0.4 is 14.8 Å². The first kappa shape index (κ1) is 26.0. The van der Waals surface area contributed by atoms with Crippen LogP contribution in [0.1, 0.15) is 49.5 Å². The fourth-order valence-corrected chi connectivity index (χ4v) is 4.36. The second-order valence-electron chi connectivity index (χ2n) is 7.82. The van der Waals surface area contributed by atoms with Crippen LogP contribution in [0.3, 0.4) is 0 Å². The molecule has 1 amide bonds. The van der Waals surface area contributed by atoms with Crippen LogP contribution >= 0.6 is 11.8 Å². The van der Waals surface area contributed by atoms with Crippen molar-refractivity contribution in [2.45, 2.75) is 50.2 Å². The maximum absolute atomic E-state index is 13.0. The van der Waals surface area contributed by atoms with Gasteiger partial charge in [-0.2, -0.15) is 0 Å². The molecule has 3 rings (SSSR count). The Morgan fingerprint density at radius 2 is 1.89 bits per heavy atom. The Balaban J connectivity index is 1.75. The third kappa shape index (κ3) is 6.73. The maximum Gasteiger partial charge on any atom is 0.237 e. The van der Waals surface area contributed by atoms with Crippen molar-refractivity contribution in [1.82, 2.24) is 14.8 Å². The lowest BCUT2D eigenvalue weighted by Gasteiger charge is -2.18. The summed E-state index contributed by atoms with van der Waals surface area (Å²) in [6.07, 6.45) is 1.95. The third-order valence-electron chi connectivity index (χ3n) is 5.24. The quantitative estimate of drug-likeness (QED) is 0.207. The van der Waals surface area contributed by atoms with Crippen molar-refractivity contribution in [3.63, 3.8) is 0 Å². The van der Waals surface area contributed by atoms with Gasteiger partial charge in [-0.1, -0.05) is 36.9 Å². The highest BCUT2D eigenvalue weighted by Crippen LogP contribution is 2.29. The van der Waals surface area contributed by atoms with E-state index < -0.39 is 5.25 Å². The van der Waals surface area contributed by atoms with Gasteiger partial charge in [0.15, 0.2) is 22.9 Å². The van der Waals surface area contributed by atoms with Crippen LogP contribution in [0, 0.1) is 0 Å². The molecule has 0 radical (unpaired) electrons. The number of nitrogens with zero attached hydrogens (tertiary/aromatic N) is 3. The van der Waals surface area contributed by atoms with Crippen LogP contribution in [0.2, 0.25) is 0 Å². The van der Waals surface area contributed by atoms with Crippen molar-refractivity contribution in [3.8, 4) is 11.5 Å². The zero-order chi connectivity index (χ0) is 25.4. The van der Waals surface area contributed by atoms with Gasteiger partial charge in [0.25, 0.3) is 0 Å². The maximum atomic E-state index is 13.0. The van der Waals surface area contributed by atoms with E-state index in [4.69, 9.17) is 9.47 Å². The van der Waals surface area contributed by atoms with E-state index in [0.29, 0.717) is 40.9 Å². The Bertz CT molecular complexity index is 1180. The summed E-state index contributed by atoms with van der Waals surface area (Å²) >= 11 is 1.33. The molecule has 1 N–H and O–H groups in total. The molecule has 2 aromatic carbocycles. The van der Waals surface area contributed by atoms with E-state index in [1.54, 1.807) is 37.5 Å². The lowest BCUT2D eigenvalue weighted by atomic mass is 10.1. The Labute approximate surface area is 209 Å². The number of Topliss-reactive ketones (excluding diaryl/α,β-unsaturated/α-hetero) is 1. The zero-order valence-electron chi connectivity index (χ0n) is 20.4. The number of nitrogens with one attached hydrogen (secondary N) is 1. The number of methoxy groups -OCH3 is 1. The number of hydrogen-bond donors (Lipinski definition) is 1. The molecule has 2 atom stereocenters. The molecular formula is C26H30N4O4S. The number of carbonyl (C=O) groups is 2. The first-order chi connectivity index (χ1) is 16.9. The molecule has 0 spiro atoms. The molecule has 0 aliphatic heterocycles. The number of ether oxygens (including phenoxy) is 2. The standard InChI is InChI=1S/C26H30N4O4S/c1-6-15-30-24(18(4)34-22-13-11-21(33-5)12-14-22)28-29-26(30)35-23(7-2)25(32)27-20-10-8-9-19(16-20)17(3)31/h6,8-14,16,18,23H,1,7,15H2,2-5H3,(H,27,32). The Hall–Kier alpha value is -3.59. The second-order valence-corrected chi connectivity index (χ2v) is 8.99. The summed E-state index contributed by atoms with van der Waals surface area (Å²) in [6.45, 7) is 9.65. The molecule has 0 saturated heterocycles. The number of hydrogen-bond acceptors (Lipinski definition) is 7. The van der Waals surface area contributed by atoms with Crippen molar-refractivity contribution < 1.29 is 19.1 Å². The SMILES string of the molecule is C=CCn1c(SC(CC)C(=O)Nc2cccc(C(C)=O)c2)nnc1C(C)Oc1ccc(OC)cc1. The van der Waals surface area contributed by atoms with Crippen molar-refractivity contribution in [2.24, 2.45) is 0 Å². The number of aromatic nitrogens is 3. The molecule has 0 bridgehead atoms. The number of allylic oxidation sites excluding steroid dienone is 1. The lowest BCUT2D eigenvalue weighted by molar-refractivity contribution is -0.115. The minimum atomic E-state index is -0.408. The predicted octanol–water partition coefficient (Wildman–Crippen LogP) is 5.32. The number of carbonyl (C=O) groups excluding carboxylic acids is 2. The van der Waals surface area contributed by atoms with Gasteiger partial charge in [0.2, 0.25) is 5.91 Å². The molecular weight excluding hydrogens is 464 g/mol. The van der Waals surface area contributed by atoms with Crippen molar-refractivity contribution in [3.05, 3.63) is 72.6 Å². The van der Waals surface area contributed by atoms with Crippen LogP contribution in [-0.4, -0.2) is 38.8 Å². The van der Waals surface area contributed by atoms with E-state index in [-0.39, 0.29) is 17.8 Å². The summed E-state index contributed by atoms with van der Waals surface area (Å²) in [6, 6.07) is 14.2. The number of rotatable bonds is 12. The number of amides is 1. The monoisotopic (exact) mass is 494 g/mol. The van der Waals surface area contributed by atoms with Gasteiger partial charge in [0.1, 0.15) is 11.5 Å². The van der Waals surface area contributed by atoms with Crippen LogP contribution in [0.4, 0.5) is 5.69 Å². The summed E-state index contributed by atoms with van der Waals surface area (Å²) in [7, 11) is 1.61. The molecule has 0 aliphatic rings. The smallest absolute Gasteiger partial charge is 0.237 e. The van der Waals surface area contributed by atoms with E-state index in [2.05, 4.69) is 22.1 Å². The first-order valence-electron chi connectivity index (χ1n) is 11.3. The molecule has 0 saturated carbocycles. The summed E-state index contributed by atoms with van der Waals surface area (Å²) in [5.41, 5.74) is 1.13. The van der Waals surface area contributed by atoms with Crippen LogP contribution in [-0.2, 0) is 11.3 Å². The van der Waals surface area contributed by atoms with E-state index in [1.807, 2.05) is 42.7 Å². The van der Waals surface area contributed by atoms with Gasteiger partial charge in [-0.3, -0.25) is 14.2 Å². The molecule has 35 heavy (non-hydrogen) atoms. The van der Waals surface area contributed by atoms with Gasteiger partial charge < -0.3 is 14.8 Å². The summed E-state index contributed by atoms with van der Waals surface area (Å²) in [4.78, 5) is 24.7. The van der Waals surface area contributed by atoms with Gasteiger partial charge in [-0.15, -0.1) is 16.8 Å². The summed E-state index contributed by atoms with van der Waals surface area (Å²) in [5.74, 6) is 1.83. The van der Waals surface area contributed by atoms with E-state index in [9.17, 15) is 9.59 Å². The lowest BCUT2D eigenvalue weighted by Crippen LogP contribution is -2.25. The molecule has 184 valence electrons. The second kappa shape index (κ2) is 12.2. The molecule has 0 aliphatic carbocycles. The van der Waals surface area contributed by atoms with E-state index in [1.165, 1.54) is 18.7 Å². The number of thioether (sulfide) groups is 1. The number of anilines is 1. The number of benzene rings is 2. The average Bonchev–Trinajstić information content (AvgIpc) is 3.25. The zero-order valence-corrected chi connectivity index (χ0v) is 21.2. The van der Waals surface area contributed by atoms with Crippen LogP contribution in [0.15, 0.2) is 66.3 Å². The highest BCUT2D eigenvalue weighted by atomic mass is 32.2. The summed E-state index contributed by atoms with van der Waals surface area (Å²) < 4.78 is 13.2. The average molecular weight is 495 g/mol. The van der Waals surface area contributed by atoms with Gasteiger partial charge in [-0.25, -0.2) is 0 Å². The normalized spacial score (nSPS) is 12.5. The Morgan fingerprint density at radius 3 is 2.51 bits per heavy atom. The van der Waals surface area contributed by atoms with E-state index in [0.717, 1.165) is 5.75 Å². The van der Waals surface area contributed by atoms with Crippen molar-refractivity contribution >= 4 is 29.1 Å². The van der Waals surface area contributed by atoms with Gasteiger partial charge in [0.05, 0.1) is 12.4 Å². The van der Waals surface area contributed by atoms with Gasteiger partial charge in [-0.05, 0) is 56.7 Å². The van der Waals surface area contributed by atoms with Gasteiger partial charge >= 0.3 is 0 Å². The topological polar surface area (TPSA) is 95.3 Å². The highest BCUT2D eigenvalue weighted by molar-refractivity contribution is 8.00. The third-order valence-corrected chi connectivity index (χ3v) is 6.59. The highest BCUT2D eigenvalue weighted by Gasteiger charge is 2.25. The molecule has 8 nitrogen and oxygen atoms in total.